The molecule has 1 aliphatic rings. The highest BCUT2D eigenvalue weighted by Crippen LogP contribution is 2.16. The first kappa shape index (κ1) is 11.6. The Hall–Kier alpha value is -0.510. The van der Waals surface area contributed by atoms with Gasteiger partial charge in [-0.15, -0.1) is 0 Å². The first-order chi connectivity index (χ1) is 6.68. The van der Waals surface area contributed by atoms with Crippen molar-refractivity contribution in [2.24, 2.45) is 0 Å². The number of carbonyl (C=O) groups excluding carboxylic acids is 2. The van der Waals surface area contributed by atoms with Crippen LogP contribution in [0.1, 0.15) is 32.6 Å². The third-order valence-electron chi connectivity index (χ3n) is 2.23. The molecule has 1 rings (SSSR count). The standard InChI is InChI=1S/C10H17NO2S/c1-8(12)4-5-10(13)11-9-3-2-6-14-7-9/h9H,2-7H2,1H3,(H,11,13). The van der Waals surface area contributed by atoms with Crippen LogP contribution in [-0.2, 0) is 9.59 Å². The fraction of sp³-hybridized carbons (Fsp3) is 0.800. The molecule has 3 nitrogen and oxygen atoms in total. The predicted octanol–water partition coefficient (Wildman–Crippen LogP) is 1.37. The smallest absolute Gasteiger partial charge is 0.220 e. The third kappa shape index (κ3) is 4.65. The average molecular weight is 215 g/mol. The molecule has 0 spiro atoms. The van der Waals surface area contributed by atoms with Crippen LogP contribution in [0, 0.1) is 0 Å². The zero-order chi connectivity index (χ0) is 10.4. The summed E-state index contributed by atoms with van der Waals surface area (Å²) in [6, 6.07) is 0.327. The van der Waals surface area contributed by atoms with Crippen LogP contribution in [0.4, 0.5) is 0 Å². The fourth-order valence-electron chi connectivity index (χ4n) is 1.44. The van der Waals surface area contributed by atoms with E-state index in [0.717, 1.165) is 12.2 Å². The van der Waals surface area contributed by atoms with E-state index in [-0.39, 0.29) is 11.7 Å². The Bertz CT molecular complexity index is 212. The number of ketones is 1. The SMILES string of the molecule is CC(=O)CCC(=O)NC1CCCSC1. The van der Waals surface area contributed by atoms with Gasteiger partial charge in [-0.05, 0) is 25.5 Å². The molecular weight excluding hydrogens is 198 g/mol. The van der Waals surface area contributed by atoms with E-state index in [9.17, 15) is 9.59 Å². The average Bonchev–Trinajstić information content (AvgIpc) is 2.16. The van der Waals surface area contributed by atoms with Crippen molar-refractivity contribution in [3.63, 3.8) is 0 Å². The van der Waals surface area contributed by atoms with Gasteiger partial charge in [0.15, 0.2) is 0 Å². The highest BCUT2D eigenvalue weighted by molar-refractivity contribution is 7.99. The molecule has 1 fully saturated rings. The summed E-state index contributed by atoms with van der Waals surface area (Å²) < 4.78 is 0. The molecule has 1 atom stereocenters. The molecule has 1 aliphatic heterocycles. The van der Waals surface area contributed by atoms with Crippen LogP contribution in [-0.4, -0.2) is 29.2 Å². The minimum Gasteiger partial charge on any atom is -0.353 e. The van der Waals surface area contributed by atoms with E-state index >= 15 is 0 Å². The van der Waals surface area contributed by atoms with E-state index in [1.165, 1.54) is 19.1 Å². The molecular formula is C10H17NO2S. The number of Topliss-reactive ketones (excluding diaryl/α,β-unsaturated/α-hetero) is 1. The maximum absolute atomic E-state index is 11.3. The molecule has 0 aromatic rings. The monoisotopic (exact) mass is 215 g/mol. The normalized spacial score (nSPS) is 21.6. The highest BCUT2D eigenvalue weighted by Gasteiger charge is 2.15. The van der Waals surface area contributed by atoms with Gasteiger partial charge in [-0.3, -0.25) is 4.79 Å². The summed E-state index contributed by atoms with van der Waals surface area (Å²) in [6.07, 6.45) is 2.98. The molecule has 80 valence electrons. The predicted molar refractivity (Wildman–Crippen MR) is 58.4 cm³/mol. The van der Waals surface area contributed by atoms with E-state index in [1.54, 1.807) is 0 Å². The Morgan fingerprint density at radius 1 is 1.43 bits per heavy atom. The van der Waals surface area contributed by atoms with Crippen LogP contribution in [0.3, 0.4) is 0 Å². The molecule has 0 saturated carbocycles. The second-order valence-corrected chi connectivity index (χ2v) is 4.83. The summed E-state index contributed by atoms with van der Waals surface area (Å²) in [4.78, 5) is 22.0. The van der Waals surface area contributed by atoms with Crippen molar-refractivity contribution < 1.29 is 9.59 Å². The minimum absolute atomic E-state index is 0.0210. The van der Waals surface area contributed by atoms with Gasteiger partial charge in [0, 0.05) is 24.6 Å². The summed E-state index contributed by atoms with van der Waals surface area (Å²) >= 11 is 1.89. The Morgan fingerprint density at radius 3 is 2.79 bits per heavy atom. The molecule has 0 aromatic carbocycles. The lowest BCUT2D eigenvalue weighted by Crippen LogP contribution is -2.38. The fourth-order valence-corrected chi connectivity index (χ4v) is 2.52. The lowest BCUT2D eigenvalue weighted by Gasteiger charge is -2.22. The minimum atomic E-state index is 0.0210. The largest absolute Gasteiger partial charge is 0.353 e. The topological polar surface area (TPSA) is 46.2 Å². The molecule has 0 radical (unpaired) electrons. The van der Waals surface area contributed by atoms with Crippen molar-refractivity contribution in [1.29, 1.82) is 0 Å². The quantitative estimate of drug-likeness (QED) is 0.770. The number of nitrogens with one attached hydrogen (secondary N) is 1. The molecule has 0 aliphatic carbocycles. The van der Waals surface area contributed by atoms with Gasteiger partial charge in [0.05, 0.1) is 0 Å². The maximum Gasteiger partial charge on any atom is 0.220 e. The summed E-state index contributed by atoms with van der Waals surface area (Å²) in [5.41, 5.74) is 0. The highest BCUT2D eigenvalue weighted by atomic mass is 32.2. The van der Waals surface area contributed by atoms with E-state index in [4.69, 9.17) is 0 Å². The van der Waals surface area contributed by atoms with Crippen molar-refractivity contribution in [1.82, 2.24) is 5.32 Å². The van der Waals surface area contributed by atoms with Crippen molar-refractivity contribution in [3.05, 3.63) is 0 Å². The molecule has 1 unspecified atom stereocenters. The number of amides is 1. The summed E-state index contributed by atoms with van der Waals surface area (Å²) in [5, 5.41) is 2.96. The van der Waals surface area contributed by atoms with Gasteiger partial charge < -0.3 is 10.1 Å². The molecule has 1 N–H and O–H groups in total. The first-order valence-corrected chi connectivity index (χ1v) is 6.20. The number of carbonyl (C=O) groups is 2. The number of rotatable bonds is 4. The molecule has 1 saturated heterocycles. The van der Waals surface area contributed by atoms with Crippen LogP contribution in [0.5, 0.6) is 0 Å². The number of hydrogen-bond donors (Lipinski definition) is 1. The van der Waals surface area contributed by atoms with Gasteiger partial charge in [0.1, 0.15) is 5.78 Å². The third-order valence-corrected chi connectivity index (χ3v) is 3.44. The van der Waals surface area contributed by atoms with Crippen molar-refractivity contribution >= 4 is 23.5 Å². The van der Waals surface area contributed by atoms with Gasteiger partial charge in [-0.1, -0.05) is 0 Å². The van der Waals surface area contributed by atoms with Crippen LogP contribution < -0.4 is 5.32 Å². The summed E-state index contributed by atoms with van der Waals surface area (Å²) in [5.74, 6) is 2.33. The van der Waals surface area contributed by atoms with Crippen LogP contribution in [0.15, 0.2) is 0 Å². The van der Waals surface area contributed by atoms with Gasteiger partial charge in [-0.2, -0.15) is 11.8 Å². The van der Waals surface area contributed by atoms with E-state index < -0.39 is 0 Å². The van der Waals surface area contributed by atoms with Crippen LogP contribution in [0.2, 0.25) is 0 Å². The van der Waals surface area contributed by atoms with Gasteiger partial charge >= 0.3 is 0 Å². The van der Waals surface area contributed by atoms with Crippen molar-refractivity contribution in [3.8, 4) is 0 Å². The maximum atomic E-state index is 11.3. The van der Waals surface area contributed by atoms with Crippen LogP contribution >= 0.6 is 11.8 Å². The Morgan fingerprint density at radius 2 is 2.21 bits per heavy atom. The lowest BCUT2D eigenvalue weighted by atomic mass is 10.1. The molecule has 0 aromatic heterocycles. The molecule has 1 amide bonds. The van der Waals surface area contributed by atoms with Gasteiger partial charge in [0.25, 0.3) is 0 Å². The summed E-state index contributed by atoms with van der Waals surface area (Å²) in [7, 11) is 0. The zero-order valence-corrected chi connectivity index (χ0v) is 9.36. The van der Waals surface area contributed by atoms with Crippen molar-refractivity contribution in [2.75, 3.05) is 11.5 Å². The number of thioether (sulfide) groups is 1. The Balaban J connectivity index is 2.15. The van der Waals surface area contributed by atoms with Gasteiger partial charge in [-0.25, -0.2) is 0 Å². The molecule has 4 heteroatoms. The molecule has 14 heavy (non-hydrogen) atoms. The second-order valence-electron chi connectivity index (χ2n) is 3.68. The van der Waals surface area contributed by atoms with E-state index in [1.807, 2.05) is 11.8 Å². The number of hydrogen-bond acceptors (Lipinski definition) is 3. The first-order valence-electron chi connectivity index (χ1n) is 5.05. The van der Waals surface area contributed by atoms with Crippen LogP contribution in [0.25, 0.3) is 0 Å². The second kappa shape index (κ2) is 6.06. The molecule has 1 heterocycles. The Labute approximate surface area is 89.0 Å². The van der Waals surface area contributed by atoms with Gasteiger partial charge in [0.2, 0.25) is 5.91 Å². The lowest BCUT2D eigenvalue weighted by molar-refractivity contribution is -0.125. The Kier molecular flexibility index (Phi) is 5.01. The molecule has 0 bridgehead atoms. The summed E-state index contributed by atoms with van der Waals surface area (Å²) in [6.45, 7) is 1.52. The zero-order valence-electron chi connectivity index (χ0n) is 8.54. The van der Waals surface area contributed by atoms with E-state index in [2.05, 4.69) is 5.32 Å². The van der Waals surface area contributed by atoms with E-state index in [0.29, 0.717) is 18.9 Å². The van der Waals surface area contributed by atoms with Crippen molar-refractivity contribution in [2.45, 2.75) is 38.6 Å².